The molecule has 1 N–H and O–H groups in total. The van der Waals surface area contributed by atoms with E-state index in [1.165, 1.54) is 0 Å². The molecule has 0 atom stereocenters. The zero-order chi connectivity index (χ0) is 17.8. The fourth-order valence-electron chi connectivity index (χ4n) is 2.49. The Balaban J connectivity index is 1.67. The molecule has 0 fully saturated rings. The van der Waals surface area contributed by atoms with E-state index in [9.17, 15) is 4.79 Å². The number of carbonyl (C=O) groups excluding carboxylic acids is 1. The van der Waals surface area contributed by atoms with Crippen LogP contribution < -0.4 is 10.1 Å². The fourth-order valence-corrected chi connectivity index (χ4v) is 2.49. The van der Waals surface area contributed by atoms with Gasteiger partial charge in [-0.25, -0.2) is 9.97 Å². The number of nitrogens with zero attached hydrogens (tertiary/aromatic N) is 4. The van der Waals surface area contributed by atoms with Gasteiger partial charge in [-0.3, -0.25) is 9.48 Å². The van der Waals surface area contributed by atoms with Gasteiger partial charge in [-0.2, -0.15) is 5.10 Å². The Labute approximate surface area is 146 Å². The number of nitrogens with one attached hydrogen (secondary N) is 1. The standard InChI is InChI=1S/C18H21N5O2/c1-12(2)23-11-13(10-19-23)20-17(24)9-8-16-18(25-3)22-15-7-5-4-6-14(15)21-16/h4-7,10-12H,8-9H2,1-3H3,(H,20,24). The van der Waals surface area contributed by atoms with Crippen molar-refractivity contribution in [3.63, 3.8) is 0 Å². The number of methoxy groups -OCH3 is 1. The highest BCUT2D eigenvalue weighted by Gasteiger charge is 2.12. The van der Waals surface area contributed by atoms with E-state index in [1.807, 2.05) is 44.3 Å². The number of para-hydroxylation sites is 2. The molecular formula is C18H21N5O2. The molecule has 0 aliphatic heterocycles. The van der Waals surface area contributed by atoms with Gasteiger partial charge in [0.25, 0.3) is 0 Å². The van der Waals surface area contributed by atoms with Gasteiger partial charge in [-0.1, -0.05) is 12.1 Å². The Kier molecular flexibility index (Phi) is 4.92. The number of rotatable bonds is 6. The second-order valence-corrected chi connectivity index (χ2v) is 6.02. The van der Waals surface area contributed by atoms with Crippen LogP contribution in [0.2, 0.25) is 0 Å². The number of hydrogen-bond acceptors (Lipinski definition) is 5. The van der Waals surface area contributed by atoms with E-state index in [-0.39, 0.29) is 18.4 Å². The topological polar surface area (TPSA) is 81.9 Å². The second kappa shape index (κ2) is 7.29. The van der Waals surface area contributed by atoms with E-state index in [2.05, 4.69) is 20.4 Å². The summed E-state index contributed by atoms with van der Waals surface area (Å²) in [7, 11) is 1.56. The molecule has 25 heavy (non-hydrogen) atoms. The number of carbonyl (C=O) groups is 1. The Morgan fingerprint density at radius 1 is 1.24 bits per heavy atom. The summed E-state index contributed by atoms with van der Waals surface area (Å²) >= 11 is 0. The van der Waals surface area contributed by atoms with Gasteiger partial charge in [0, 0.05) is 25.1 Å². The van der Waals surface area contributed by atoms with E-state index < -0.39 is 0 Å². The number of aromatic nitrogens is 4. The summed E-state index contributed by atoms with van der Waals surface area (Å²) in [5, 5.41) is 7.06. The molecule has 0 saturated heterocycles. The van der Waals surface area contributed by atoms with Crippen molar-refractivity contribution in [3.8, 4) is 5.88 Å². The highest BCUT2D eigenvalue weighted by Crippen LogP contribution is 2.20. The number of aryl methyl sites for hydroxylation is 1. The van der Waals surface area contributed by atoms with Crippen molar-refractivity contribution in [1.29, 1.82) is 0 Å². The third kappa shape index (κ3) is 3.93. The first-order valence-corrected chi connectivity index (χ1v) is 8.20. The summed E-state index contributed by atoms with van der Waals surface area (Å²) in [6, 6.07) is 7.84. The van der Waals surface area contributed by atoms with Crippen molar-refractivity contribution in [2.75, 3.05) is 12.4 Å². The predicted molar refractivity (Wildman–Crippen MR) is 95.7 cm³/mol. The van der Waals surface area contributed by atoms with Crippen LogP contribution in [0.4, 0.5) is 5.69 Å². The number of fused-ring (bicyclic) bond motifs is 1. The van der Waals surface area contributed by atoms with Gasteiger partial charge in [-0.15, -0.1) is 0 Å². The fraction of sp³-hybridized carbons (Fsp3) is 0.333. The number of benzene rings is 1. The first kappa shape index (κ1) is 16.9. The smallest absolute Gasteiger partial charge is 0.235 e. The summed E-state index contributed by atoms with van der Waals surface area (Å²) < 4.78 is 7.11. The van der Waals surface area contributed by atoms with Crippen LogP contribution in [0, 0.1) is 0 Å². The van der Waals surface area contributed by atoms with Crippen molar-refractivity contribution in [2.45, 2.75) is 32.7 Å². The molecule has 130 valence electrons. The summed E-state index contributed by atoms with van der Waals surface area (Å²) in [6.07, 6.45) is 4.20. The summed E-state index contributed by atoms with van der Waals surface area (Å²) in [5.74, 6) is 0.361. The molecule has 2 aromatic heterocycles. The maximum absolute atomic E-state index is 12.2. The average molecular weight is 339 g/mol. The minimum atomic E-state index is -0.0969. The van der Waals surface area contributed by atoms with Crippen LogP contribution in [0.15, 0.2) is 36.7 Å². The minimum Gasteiger partial charge on any atom is -0.480 e. The SMILES string of the molecule is COc1nc2ccccc2nc1CCC(=O)Nc1cnn(C(C)C)c1. The van der Waals surface area contributed by atoms with Crippen molar-refractivity contribution >= 4 is 22.6 Å². The van der Waals surface area contributed by atoms with Crippen molar-refractivity contribution in [2.24, 2.45) is 0 Å². The number of anilines is 1. The average Bonchev–Trinajstić information content (AvgIpc) is 3.07. The summed E-state index contributed by atoms with van der Waals surface area (Å²) in [6.45, 7) is 4.06. The van der Waals surface area contributed by atoms with Gasteiger partial charge in [0.2, 0.25) is 11.8 Å². The molecule has 3 rings (SSSR count). The molecule has 0 saturated carbocycles. The van der Waals surface area contributed by atoms with E-state index >= 15 is 0 Å². The molecule has 1 amide bonds. The molecule has 1 aromatic carbocycles. The number of ether oxygens (including phenoxy) is 1. The maximum Gasteiger partial charge on any atom is 0.235 e. The lowest BCUT2D eigenvalue weighted by Gasteiger charge is -2.08. The summed E-state index contributed by atoms with van der Waals surface area (Å²) in [4.78, 5) is 21.2. The summed E-state index contributed by atoms with van der Waals surface area (Å²) in [5.41, 5.74) is 2.93. The number of amides is 1. The molecule has 2 heterocycles. The number of hydrogen-bond donors (Lipinski definition) is 1. The minimum absolute atomic E-state index is 0.0969. The third-order valence-corrected chi connectivity index (χ3v) is 3.80. The van der Waals surface area contributed by atoms with Crippen LogP contribution >= 0.6 is 0 Å². The van der Waals surface area contributed by atoms with E-state index in [0.29, 0.717) is 23.7 Å². The molecule has 7 nitrogen and oxygen atoms in total. The largest absolute Gasteiger partial charge is 0.480 e. The monoisotopic (exact) mass is 339 g/mol. The zero-order valence-corrected chi connectivity index (χ0v) is 14.6. The Morgan fingerprint density at radius 2 is 1.96 bits per heavy atom. The van der Waals surface area contributed by atoms with Crippen LogP contribution in [-0.2, 0) is 11.2 Å². The van der Waals surface area contributed by atoms with Crippen LogP contribution in [0.25, 0.3) is 11.0 Å². The quantitative estimate of drug-likeness (QED) is 0.746. The first-order chi connectivity index (χ1) is 12.1. The lowest BCUT2D eigenvalue weighted by atomic mass is 10.2. The maximum atomic E-state index is 12.2. The third-order valence-electron chi connectivity index (χ3n) is 3.80. The van der Waals surface area contributed by atoms with Gasteiger partial charge >= 0.3 is 0 Å². The van der Waals surface area contributed by atoms with E-state index in [4.69, 9.17) is 4.74 Å². The van der Waals surface area contributed by atoms with Crippen LogP contribution in [-0.4, -0.2) is 32.8 Å². The molecule has 0 aliphatic carbocycles. The molecule has 0 aliphatic rings. The molecule has 0 bridgehead atoms. The van der Waals surface area contributed by atoms with Crippen molar-refractivity contribution in [3.05, 3.63) is 42.4 Å². The highest BCUT2D eigenvalue weighted by molar-refractivity contribution is 5.90. The molecule has 0 spiro atoms. The lowest BCUT2D eigenvalue weighted by molar-refractivity contribution is -0.116. The molecular weight excluding hydrogens is 318 g/mol. The van der Waals surface area contributed by atoms with Crippen LogP contribution in [0.5, 0.6) is 5.88 Å². The van der Waals surface area contributed by atoms with Gasteiger partial charge in [0.05, 0.1) is 30.0 Å². The Morgan fingerprint density at radius 3 is 2.60 bits per heavy atom. The Bertz CT molecular complexity index is 888. The van der Waals surface area contributed by atoms with Gasteiger partial charge in [0.15, 0.2) is 0 Å². The molecule has 3 aromatic rings. The Hall–Kier alpha value is -2.96. The van der Waals surface area contributed by atoms with Gasteiger partial charge in [0.1, 0.15) is 5.69 Å². The predicted octanol–water partition coefficient (Wildman–Crippen LogP) is 2.99. The normalized spacial score (nSPS) is 11.0. The molecule has 0 unspecified atom stereocenters. The van der Waals surface area contributed by atoms with Crippen molar-refractivity contribution in [1.82, 2.24) is 19.7 Å². The lowest BCUT2D eigenvalue weighted by Crippen LogP contribution is -2.13. The van der Waals surface area contributed by atoms with Crippen LogP contribution in [0.3, 0.4) is 0 Å². The van der Waals surface area contributed by atoms with Gasteiger partial charge < -0.3 is 10.1 Å². The van der Waals surface area contributed by atoms with E-state index in [1.54, 1.807) is 18.0 Å². The second-order valence-electron chi connectivity index (χ2n) is 6.02. The first-order valence-electron chi connectivity index (χ1n) is 8.20. The van der Waals surface area contributed by atoms with Crippen molar-refractivity contribution < 1.29 is 9.53 Å². The van der Waals surface area contributed by atoms with Crippen LogP contribution in [0.1, 0.15) is 32.0 Å². The zero-order valence-electron chi connectivity index (χ0n) is 14.6. The highest BCUT2D eigenvalue weighted by atomic mass is 16.5. The van der Waals surface area contributed by atoms with E-state index in [0.717, 1.165) is 11.0 Å². The molecule has 7 heteroatoms. The molecule has 0 radical (unpaired) electrons. The van der Waals surface area contributed by atoms with Gasteiger partial charge in [-0.05, 0) is 26.0 Å².